The largest absolute Gasteiger partial charge is 0.469 e. The Hall–Kier alpha value is -1.36. The van der Waals surface area contributed by atoms with Crippen molar-refractivity contribution in [1.29, 1.82) is 0 Å². The first-order valence-electron chi connectivity index (χ1n) is 3.88. The van der Waals surface area contributed by atoms with Crippen LogP contribution in [0.15, 0.2) is 10.6 Å². The molecule has 0 fully saturated rings. The van der Waals surface area contributed by atoms with Crippen LogP contribution in [0.25, 0.3) is 0 Å². The lowest BCUT2D eigenvalue weighted by atomic mass is 10.2. The van der Waals surface area contributed by atoms with Gasteiger partial charge in [-0.05, 0) is 0 Å². The number of aliphatic hydroxyl groups is 1. The molecule has 1 rings (SSSR count). The fraction of sp³-hybridized carbons (Fsp3) is 0.500. The minimum Gasteiger partial charge on any atom is -0.469 e. The van der Waals surface area contributed by atoms with Crippen molar-refractivity contribution < 1.29 is 19.2 Å². The second kappa shape index (κ2) is 4.61. The molecule has 72 valence electrons. The Kier molecular flexibility index (Phi) is 3.45. The lowest BCUT2D eigenvalue weighted by molar-refractivity contribution is -0.140. The number of carbonyl (C=O) groups excluding carboxylic acids is 1. The van der Waals surface area contributed by atoms with Crippen LogP contribution in [-0.4, -0.2) is 23.3 Å². The molecular weight excluding hydrogens is 174 g/mol. The molecule has 0 atom stereocenters. The summed E-state index contributed by atoms with van der Waals surface area (Å²) in [4.78, 5) is 10.7. The molecule has 0 radical (unpaired) electrons. The van der Waals surface area contributed by atoms with Gasteiger partial charge >= 0.3 is 5.97 Å². The van der Waals surface area contributed by atoms with Crippen molar-refractivity contribution >= 4 is 5.97 Å². The second-order valence-corrected chi connectivity index (χ2v) is 2.52. The highest BCUT2D eigenvalue weighted by molar-refractivity contribution is 5.69. The van der Waals surface area contributed by atoms with Crippen LogP contribution in [-0.2, 0) is 22.6 Å². The summed E-state index contributed by atoms with van der Waals surface area (Å²) in [5, 5.41) is 12.3. The van der Waals surface area contributed by atoms with E-state index in [1.807, 2.05) is 0 Å². The number of ether oxygens (including phenoxy) is 1. The van der Waals surface area contributed by atoms with Crippen molar-refractivity contribution in [2.24, 2.45) is 0 Å². The normalized spacial score (nSPS) is 10.0. The van der Waals surface area contributed by atoms with Crippen LogP contribution in [0.5, 0.6) is 0 Å². The quantitative estimate of drug-likeness (QED) is 0.682. The number of hydrogen-bond acceptors (Lipinski definition) is 5. The molecule has 1 aromatic heterocycles. The second-order valence-electron chi connectivity index (χ2n) is 2.52. The third kappa shape index (κ3) is 2.87. The Balaban J connectivity index is 2.41. The molecule has 0 amide bonds. The minimum atomic E-state index is -0.284. The van der Waals surface area contributed by atoms with Gasteiger partial charge in [0.2, 0.25) is 0 Å². The molecule has 0 spiro atoms. The van der Waals surface area contributed by atoms with Crippen LogP contribution < -0.4 is 0 Å². The highest BCUT2D eigenvalue weighted by atomic mass is 16.5. The van der Waals surface area contributed by atoms with Gasteiger partial charge in [-0.2, -0.15) is 0 Å². The molecule has 0 aliphatic rings. The minimum absolute atomic E-state index is 0.175. The van der Waals surface area contributed by atoms with Crippen LogP contribution in [0.2, 0.25) is 0 Å². The molecule has 0 saturated heterocycles. The molecule has 0 aromatic carbocycles. The first-order valence-corrected chi connectivity index (χ1v) is 3.88. The average Bonchev–Trinajstić information content (AvgIpc) is 2.61. The predicted molar refractivity (Wildman–Crippen MR) is 42.8 cm³/mol. The number of aromatic nitrogens is 1. The molecule has 5 heteroatoms. The third-order valence-electron chi connectivity index (χ3n) is 1.58. The van der Waals surface area contributed by atoms with Crippen LogP contribution in [0.3, 0.4) is 0 Å². The van der Waals surface area contributed by atoms with Crippen molar-refractivity contribution in [3.8, 4) is 0 Å². The number of hydrogen-bond donors (Lipinski definition) is 1. The number of esters is 1. The van der Waals surface area contributed by atoms with Gasteiger partial charge in [-0.15, -0.1) is 0 Å². The summed E-state index contributed by atoms with van der Waals surface area (Å²) in [5.41, 5.74) is 0.648. The lowest BCUT2D eigenvalue weighted by Gasteiger charge is -1.94. The lowest BCUT2D eigenvalue weighted by Crippen LogP contribution is -2.01. The van der Waals surface area contributed by atoms with Crippen molar-refractivity contribution in [3.63, 3.8) is 0 Å². The van der Waals surface area contributed by atoms with E-state index in [1.165, 1.54) is 7.11 Å². The Morgan fingerprint density at radius 1 is 1.77 bits per heavy atom. The topological polar surface area (TPSA) is 72.6 Å². The molecule has 1 aromatic rings. The van der Waals surface area contributed by atoms with Gasteiger partial charge in [0.05, 0.1) is 19.2 Å². The number of methoxy groups -OCH3 is 1. The van der Waals surface area contributed by atoms with E-state index in [0.29, 0.717) is 17.9 Å². The maximum atomic E-state index is 10.7. The molecule has 5 nitrogen and oxygen atoms in total. The summed E-state index contributed by atoms with van der Waals surface area (Å²) in [6.07, 6.45) is 0.740. The Morgan fingerprint density at radius 2 is 2.54 bits per heavy atom. The number of aliphatic hydroxyl groups excluding tert-OH is 1. The summed E-state index contributed by atoms with van der Waals surface area (Å²) in [5.74, 6) is 0.119. The monoisotopic (exact) mass is 185 g/mol. The molecular formula is C8H11NO4. The average molecular weight is 185 g/mol. The van der Waals surface area contributed by atoms with Gasteiger partial charge in [-0.25, -0.2) is 0 Å². The van der Waals surface area contributed by atoms with E-state index in [2.05, 4.69) is 9.89 Å². The highest BCUT2D eigenvalue weighted by Crippen LogP contribution is 2.05. The molecule has 0 aliphatic heterocycles. The fourth-order valence-electron chi connectivity index (χ4n) is 0.880. The van der Waals surface area contributed by atoms with E-state index in [0.717, 1.165) is 0 Å². The van der Waals surface area contributed by atoms with Crippen molar-refractivity contribution in [2.45, 2.75) is 19.4 Å². The third-order valence-corrected chi connectivity index (χ3v) is 1.58. The van der Waals surface area contributed by atoms with Gasteiger partial charge in [0, 0.05) is 12.5 Å². The van der Waals surface area contributed by atoms with Gasteiger partial charge in [0.15, 0.2) is 5.76 Å². The number of aryl methyl sites for hydroxylation is 1. The molecule has 0 unspecified atom stereocenters. The van der Waals surface area contributed by atoms with Crippen molar-refractivity contribution in [1.82, 2.24) is 5.16 Å². The van der Waals surface area contributed by atoms with E-state index >= 15 is 0 Å². The molecule has 0 bridgehead atoms. The molecule has 0 saturated carbocycles. The number of rotatable bonds is 4. The van der Waals surface area contributed by atoms with Gasteiger partial charge in [-0.1, -0.05) is 5.16 Å². The van der Waals surface area contributed by atoms with Crippen LogP contribution in [0.4, 0.5) is 0 Å². The number of nitrogens with zero attached hydrogens (tertiary/aromatic N) is 1. The first kappa shape index (κ1) is 9.73. The van der Waals surface area contributed by atoms with E-state index in [-0.39, 0.29) is 19.0 Å². The Labute approximate surface area is 75.3 Å². The zero-order valence-electron chi connectivity index (χ0n) is 7.32. The summed E-state index contributed by atoms with van der Waals surface area (Å²) in [6, 6.07) is 1.61. The van der Waals surface area contributed by atoms with E-state index in [1.54, 1.807) is 6.07 Å². The van der Waals surface area contributed by atoms with E-state index < -0.39 is 0 Å². The summed E-state index contributed by atoms with van der Waals surface area (Å²) in [6.45, 7) is -0.175. The van der Waals surface area contributed by atoms with Crippen LogP contribution >= 0.6 is 0 Å². The SMILES string of the molecule is COC(=O)CCc1cc(CO)on1. The Morgan fingerprint density at radius 3 is 3.08 bits per heavy atom. The molecule has 0 aliphatic carbocycles. The zero-order valence-corrected chi connectivity index (χ0v) is 7.32. The standard InChI is InChI=1S/C8H11NO4/c1-12-8(11)3-2-6-4-7(5-10)13-9-6/h4,10H,2-3,5H2,1H3. The summed E-state index contributed by atoms with van der Waals surface area (Å²) < 4.78 is 9.19. The van der Waals surface area contributed by atoms with Gasteiger partial charge < -0.3 is 14.4 Å². The molecule has 13 heavy (non-hydrogen) atoms. The maximum absolute atomic E-state index is 10.7. The van der Waals surface area contributed by atoms with Crippen molar-refractivity contribution in [2.75, 3.05) is 7.11 Å². The maximum Gasteiger partial charge on any atom is 0.305 e. The van der Waals surface area contributed by atoms with E-state index in [9.17, 15) is 4.79 Å². The predicted octanol–water partition coefficient (Wildman–Crippen LogP) is 0.273. The number of carbonyl (C=O) groups is 1. The van der Waals surface area contributed by atoms with Gasteiger partial charge in [-0.3, -0.25) is 4.79 Å². The fourth-order valence-corrected chi connectivity index (χ4v) is 0.880. The first-order chi connectivity index (χ1) is 6.26. The summed E-state index contributed by atoms with van der Waals surface area (Å²) >= 11 is 0. The Bertz CT molecular complexity index is 281. The van der Waals surface area contributed by atoms with Crippen LogP contribution in [0, 0.1) is 0 Å². The van der Waals surface area contributed by atoms with Crippen molar-refractivity contribution in [3.05, 3.63) is 17.5 Å². The smallest absolute Gasteiger partial charge is 0.305 e. The molecule has 1 heterocycles. The van der Waals surface area contributed by atoms with Gasteiger partial charge in [0.25, 0.3) is 0 Å². The van der Waals surface area contributed by atoms with E-state index in [4.69, 9.17) is 9.63 Å². The zero-order chi connectivity index (χ0) is 9.68. The van der Waals surface area contributed by atoms with Crippen LogP contribution in [0.1, 0.15) is 17.9 Å². The highest BCUT2D eigenvalue weighted by Gasteiger charge is 2.06. The molecule has 1 N–H and O–H groups in total. The van der Waals surface area contributed by atoms with Gasteiger partial charge in [0.1, 0.15) is 6.61 Å². The summed E-state index contributed by atoms with van der Waals surface area (Å²) in [7, 11) is 1.34.